The van der Waals surface area contributed by atoms with E-state index in [0.717, 1.165) is 12.1 Å². The van der Waals surface area contributed by atoms with Crippen molar-refractivity contribution >= 4 is 28.6 Å². The van der Waals surface area contributed by atoms with Crippen molar-refractivity contribution in [2.24, 2.45) is 0 Å². The van der Waals surface area contributed by atoms with Crippen LogP contribution < -0.4 is 4.74 Å². The molecule has 6 heteroatoms. The fourth-order valence-corrected chi connectivity index (χ4v) is 2.03. The Morgan fingerprint density at radius 1 is 1.20 bits per heavy atom. The maximum atomic E-state index is 13.4. The van der Waals surface area contributed by atoms with Crippen molar-refractivity contribution in [2.75, 3.05) is 0 Å². The summed E-state index contributed by atoms with van der Waals surface area (Å²) in [6, 6.07) is 7.62. The number of benzene rings is 2. The standard InChI is InChI=1S/C14H9F2IO3/c15-10-3-1-9(11(16)6-10)7-20-13-5-8(14(18)19)2-4-12(13)17/h1-6H,7H2,(H,18,19). The number of aromatic carboxylic acids is 1. The van der Waals surface area contributed by atoms with Crippen molar-refractivity contribution < 1.29 is 23.4 Å². The van der Waals surface area contributed by atoms with E-state index in [2.05, 4.69) is 0 Å². The second-order valence-corrected chi connectivity index (χ2v) is 5.14. The molecule has 104 valence electrons. The normalized spacial score (nSPS) is 10.3. The molecule has 1 N–H and O–H groups in total. The quantitative estimate of drug-likeness (QED) is 0.808. The van der Waals surface area contributed by atoms with Crippen molar-refractivity contribution in [3.8, 4) is 5.75 Å². The number of carbonyl (C=O) groups is 1. The molecule has 0 aliphatic rings. The van der Waals surface area contributed by atoms with E-state index in [1.165, 1.54) is 18.2 Å². The first-order valence-corrected chi connectivity index (χ1v) is 6.65. The fraction of sp³-hybridized carbons (Fsp3) is 0.0714. The lowest BCUT2D eigenvalue weighted by molar-refractivity contribution is 0.0696. The Morgan fingerprint density at radius 3 is 2.60 bits per heavy atom. The molecule has 0 bridgehead atoms. The number of carboxylic acid groups (broad SMARTS) is 1. The summed E-state index contributed by atoms with van der Waals surface area (Å²) in [4.78, 5) is 10.9. The van der Waals surface area contributed by atoms with Gasteiger partial charge in [0.05, 0.1) is 9.13 Å². The minimum atomic E-state index is -1.07. The number of rotatable bonds is 4. The van der Waals surface area contributed by atoms with Crippen LogP contribution in [0.2, 0.25) is 0 Å². The summed E-state index contributed by atoms with van der Waals surface area (Å²) in [6.07, 6.45) is 0. The molecule has 2 aromatic rings. The average molecular weight is 390 g/mol. The molecular formula is C14H9F2IO3. The number of hydrogen-bond acceptors (Lipinski definition) is 2. The molecule has 2 aromatic carbocycles. The van der Waals surface area contributed by atoms with E-state index >= 15 is 0 Å². The van der Waals surface area contributed by atoms with Crippen LogP contribution in [0.1, 0.15) is 15.9 Å². The van der Waals surface area contributed by atoms with E-state index in [0.29, 0.717) is 9.32 Å². The number of hydrogen-bond donors (Lipinski definition) is 1. The molecule has 0 aliphatic carbocycles. The third-order valence-corrected chi connectivity index (χ3v) is 3.47. The molecule has 0 saturated carbocycles. The van der Waals surface area contributed by atoms with Gasteiger partial charge in [-0.05, 0) is 52.9 Å². The maximum Gasteiger partial charge on any atom is 0.335 e. The van der Waals surface area contributed by atoms with Gasteiger partial charge in [0, 0.05) is 11.6 Å². The Bertz CT molecular complexity index is 659. The van der Waals surface area contributed by atoms with Gasteiger partial charge in [0.25, 0.3) is 0 Å². The van der Waals surface area contributed by atoms with Gasteiger partial charge in [-0.15, -0.1) is 0 Å². The van der Waals surface area contributed by atoms with E-state index in [9.17, 15) is 13.6 Å². The summed E-state index contributed by atoms with van der Waals surface area (Å²) < 4.78 is 32.3. The predicted molar refractivity (Wildman–Crippen MR) is 76.8 cm³/mol. The molecule has 0 unspecified atom stereocenters. The molecule has 0 aliphatic heterocycles. The Labute approximate surface area is 127 Å². The molecule has 0 fully saturated rings. The summed E-state index contributed by atoms with van der Waals surface area (Å²) in [5, 5.41) is 8.90. The molecule has 0 atom stereocenters. The molecule has 0 saturated heterocycles. The van der Waals surface area contributed by atoms with Gasteiger partial charge in [-0.25, -0.2) is 13.6 Å². The van der Waals surface area contributed by atoms with Crippen LogP contribution in [-0.2, 0) is 6.61 Å². The minimum Gasteiger partial charge on any atom is -0.488 e. The second-order valence-electron chi connectivity index (χ2n) is 3.97. The summed E-state index contributed by atoms with van der Waals surface area (Å²) in [5.74, 6) is -2.09. The Morgan fingerprint density at radius 2 is 1.95 bits per heavy atom. The first kappa shape index (κ1) is 14.7. The van der Waals surface area contributed by atoms with Crippen LogP contribution in [0.3, 0.4) is 0 Å². The lowest BCUT2D eigenvalue weighted by Crippen LogP contribution is -2.02. The summed E-state index contributed by atoms with van der Waals surface area (Å²) in [5.41, 5.74) is 0.280. The molecule has 20 heavy (non-hydrogen) atoms. The monoisotopic (exact) mass is 390 g/mol. The smallest absolute Gasteiger partial charge is 0.335 e. The topological polar surface area (TPSA) is 46.5 Å². The summed E-state index contributed by atoms with van der Waals surface area (Å²) >= 11 is 1.99. The molecule has 0 heterocycles. The number of halogens is 3. The number of ether oxygens (including phenoxy) is 1. The van der Waals surface area contributed by atoms with E-state index in [4.69, 9.17) is 9.84 Å². The highest BCUT2D eigenvalue weighted by molar-refractivity contribution is 14.1. The largest absolute Gasteiger partial charge is 0.488 e. The average Bonchev–Trinajstić information content (AvgIpc) is 2.39. The molecule has 0 amide bonds. The first-order chi connectivity index (χ1) is 9.47. The summed E-state index contributed by atoms with van der Waals surface area (Å²) in [7, 11) is 0. The van der Waals surface area contributed by atoms with E-state index in [1.54, 1.807) is 6.07 Å². The van der Waals surface area contributed by atoms with Crippen LogP contribution in [0.4, 0.5) is 8.78 Å². The van der Waals surface area contributed by atoms with Crippen LogP contribution in [-0.4, -0.2) is 11.1 Å². The maximum absolute atomic E-state index is 13.4. The van der Waals surface area contributed by atoms with Gasteiger partial charge in [0.2, 0.25) is 0 Å². The molecule has 0 radical (unpaired) electrons. The van der Waals surface area contributed by atoms with E-state index < -0.39 is 17.6 Å². The zero-order valence-electron chi connectivity index (χ0n) is 10.1. The first-order valence-electron chi connectivity index (χ1n) is 5.57. The number of carboxylic acids is 1. The fourth-order valence-electron chi connectivity index (χ4n) is 1.54. The highest BCUT2D eigenvalue weighted by atomic mass is 127. The van der Waals surface area contributed by atoms with Crippen LogP contribution >= 0.6 is 22.6 Å². The van der Waals surface area contributed by atoms with Crippen molar-refractivity contribution in [2.45, 2.75) is 6.61 Å². The van der Waals surface area contributed by atoms with Crippen LogP contribution in [0, 0.1) is 15.2 Å². The van der Waals surface area contributed by atoms with Gasteiger partial charge in [-0.2, -0.15) is 0 Å². The lowest BCUT2D eigenvalue weighted by atomic mass is 10.2. The Kier molecular flexibility index (Phi) is 4.53. The molecular weight excluding hydrogens is 381 g/mol. The zero-order valence-corrected chi connectivity index (χ0v) is 12.2. The van der Waals surface area contributed by atoms with E-state index in [-0.39, 0.29) is 17.7 Å². The highest BCUT2D eigenvalue weighted by Crippen LogP contribution is 2.24. The van der Waals surface area contributed by atoms with Crippen molar-refractivity contribution in [3.63, 3.8) is 0 Å². The van der Waals surface area contributed by atoms with E-state index in [1.807, 2.05) is 22.6 Å². The van der Waals surface area contributed by atoms with Gasteiger partial charge >= 0.3 is 5.97 Å². The van der Waals surface area contributed by atoms with Crippen molar-refractivity contribution in [1.82, 2.24) is 0 Å². The molecule has 0 aromatic heterocycles. The molecule has 0 spiro atoms. The zero-order chi connectivity index (χ0) is 14.7. The van der Waals surface area contributed by atoms with Crippen LogP contribution in [0.25, 0.3) is 0 Å². The second kappa shape index (κ2) is 6.17. The minimum absolute atomic E-state index is 0.0833. The van der Waals surface area contributed by atoms with Crippen LogP contribution in [0.15, 0.2) is 36.4 Å². The summed E-state index contributed by atoms with van der Waals surface area (Å²) in [6.45, 7) is -0.106. The third kappa shape index (κ3) is 3.44. The van der Waals surface area contributed by atoms with Crippen molar-refractivity contribution in [1.29, 1.82) is 0 Å². The lowest BCUT2D eigenvalue weighted by Gasteiger charge is -2.10. The van der Waals surface area contributed by atoms with Gasteiger partial charge in [-0.1, -0.05) is 0 Å². The van der Waals surface area contributed by atoms with Gasteiger partial charge in [-0.3, -0.25) is 0 Å². The Balaban J connectivity index is 2.18. The third-order valence-electron chi connectivity index (χ3n) is 2.58. The van der Waals surface area contributed by atoms with Gasteiger partial charge in [0.1, 0.15) is 24.0 Å². The van der Waals surface area contributed by atoms with Crippen molar-refractivity contribution in [3.05, 3.63) is 62.7 Å². The highest BCUT2D eigenvalue weighted by Gasteiger charge is 2.10. The molecule has 2 rings (SSSR count). The van der Waals surface area contributed by atoms with Crippen LogP contribution in [0.5, 0.6) is 5.75 Å². The molecule has 3 nitrogen and oxygen atoms in total. The van der Waals surface area contributed by atoms with Gasteiger partial charge < -0.3 is 9.84 Å². The van der Waals surface area contributed by atoms with Gasteiger partial charge in [0.15, 0.2) is 0 Å². The Hall–Kier alpha value is -1.70. The predicted octanol–water partition coefficient (Wildman–Crippen LogP) is 3.85. The SMILES string of the molecule is O=C(O)c1ccc(I)c(OCc2ccc(F)cc2F)c1.